The van der Waals surface area contributed by atoms with Gasteiger partial charge in [-0.1, -0.05) is 18.2 Å². The summed E-state index contributed by atoms with van der Waals surface area (Å²) in [5.74, 6) is 0.844. The Kier molecular flexibility index (Phi) is 2.53. The molecule has 1 aliphatic rings. The zero-order valence-electron chi connectivity index (χ0n) is 8.20. The Morgan fingerprint density at radius 3 is 2.79 bits per heavy atom. The second kappa shape index (κ2) is 4.00. The van der Waals surface area contributed by atoms with Crippen LogP contribution in [-0.4, -0.2) is 26.1 Å². The summed E-state index contributed by atoms with van der Waals surface area (Å²) in [6.07, 6.45) is 0. The SMILES string of the molecule is CN(NC1=NCCN1)c1ccccc1. The maximum atomic E-state index is 4.25. The van der Waals surface area contributed by atoms with Crippen LogP contribution in [0.2, 0.25) is 0 Å². The lowest BCUT2D eigenvalue weighted by Gasteiger charge is -2.21. The van der Waals surface area contributed by atoms with Gasteiger partial charge in [-0.3, -0.25) is 15.4 Å². The minimum Gasteiger partial charge on any atom is -0.353 e. The summed E-state index contributed by atoms with van der Waals surface area (Å²) in [7, 11) is 1.97. The zero-order chi connectivity index (χ0) is 9.80. The van der Waals surface area contributed by atoms with E-state index in [9.17, 15) is 0 Å². The van der Waals surface area contributed by atoms with Crippen LogP contribution in [0.3, 0.4) is 0 Å². The molecule has 4 nitrogen and oxygen atoms in total. The van der Waals surface area contributed by atoms with Crippen molar-refractivity contribution >= 4 is 11.6 Å². The molecule has 0 fully saturated rings. The highest BCUT2D eigenvalue weighted by atomic mass is 15.5. The van der Waals surface area contributed by atoms with E-state index in [1.165, 1.54) is 0 Å². The van der Waals surface area contributed by atoms with Crippen molar-refractivity contribution in [1.82, 2.24) is 10.7 Å². The Hall–Kier alpha value is -1.71. The first-order chi connectivity index (χ1) is 6.86. The highest BCUT2D eigenvalue weighted by Gasteiger charge is 2.06. The van der Waals surface area contributed by atoms with Gasteiger partial charge >= 0.3 is 0 Å². The number of benzene rings is 1. The van der Waals surface area contributed by atoms with E-state index >= 15 is 0 Å². The Balaban J connectivity index is 1.99. The predicted molar refractivity (Wildman–Crippen MR) is 58.3 cm³/mol. The minimum atomic E-state index is 0.844. The molecule has 0 aliphatic carbocycles. The van der Waals surface area contributed by atoms with Crippen molar-refractivity contribution in [3.8, 4) is 0 Å². The first-order valence-electron chi connectivity index (χ1n) is 4.70. The van der Waals surface area contributed by atoms with Crippen molar-refractivity contribution in [1.29, 1.82) is 0 Å². The number of hydrogen-bond donors (Lipinski definition) is 2. The highest BCUT2D eigenvalue weighted by molar-refractivity contribution is 5.82. The fourth-order valence-electron chi connectivity index (χ4n) is 1.35. The van der Waals surface area contributed by atoms with E-state index in [-0.39, 0.29) is 0 Å². The third-order valence-electron chi connectivity index (χ3n) is 2.09. The van der Waals surface area contributed by atoms with Gasteiger partial charge in [-0.2, -0.15) is 0 Å². The van der Waals surface area contributed by atoms with Crippen LogP contribution >= 0.6 is 0 Å². The molecule has 1 aliphatic heterocycles. The second-order valence-electron chi connectivity index (χ2n) is 3.16. The lowest BCUT2D eigenvalue weighted by atomic mass is 10.3. The van der Waals surface area contributed by atoms with Gasteiger partial charge in [0.1, 0.15) is 0 Å². The molecule has 0 spiro atoms. The number of nitrogens with one attached hydrogen (secondary N) is 2. The molecule has 4 heteroatoms. The van der Waals surface area contributed by atoms with Gasteiger partial charge in [0.15, 0.2) is 0 Å². The number of aliphatic imine (C=N–C) groups is 1. The molecular formula is C10H14N4. The van der Waals surface area contributed by atoms with Gasteiger partial charge in [-0.15, -0.1) is 0 Å². The van der Waals surface area contributed by atoms with E-state index in [1.54, 1.807) is 0 Å². The highest BCUT2D eigenvalue weighted by Crippen LogP contribution is 2.08. The van der Waals surface area contributed by atoms with Crippen LogP contribution in [0.25, 0.3) is 0 Å². The Bertz CT molecular complexity index is 320. The number of hydrogen-bond acceptors (Lipinski definition) is 4. The monoisotopic (exact) mass is 190 g/mol. The molecule has 0 unspecified atom stereocenters. The molecule has 0 amide bonds. The molecule has 2 rings (SSSR count). The largest absolute Gasteiger partial charge is 0.353 e. The molecule has 0 atom stereocenters. The smallest absolute Gasteiger partial charge is 0.210 e. The average molecular weight is 190 g/mol. The van der Waals surface area contributed by atoms with E-state index in [2.05, 4.69) is 15.7 Å². The summed E-state index contributed by atoms with van der Waals surface area (Å²) in [5.41, 5.74) is 4.28. The second-order valence-corrected chi connectivity index (χ2v) is 3.16. The van der Waals surface area contributed by atoms with Crippen molar-refractivity contribution in [3.63, 3.8) is 0 Å². The van der Waals surface area contributed by atoms with Crippen LogP contribution in [0.15, 0.2) is 35.3 Å². The quantitative estimate of drug-likeness (QED) is 0.670. The van der Waals surface area contributed by atoms with Gasteiger partial charge in [0.2, 0.25) is 5.96 Å². The number of nitrogens with zero attached hydrogens (tertiary/aromatic N) is 2. The lowest BCUT2D eigenvalue weighted by Crippen LogP contribution is -2.44. The van der Waals surface area contributed by atoms with Crippen LogP contribution in [0.5, 0.6) is 0 Å². The summed E-state index contributed by atoms with van der Waals surface area (Å²) >= 11 is 0. The van der Waals surface area contributed by atoms with Crippen LogP contribution in [0.4, 0.5) is 5.69 Å². The Morgan fingerprint density at radius 1 is 1.36 bits per heavy atom. The van der Waals surface area contributed by atoms with Crippen molar-refractivity contribution in [2.24, 2.45) is 4.99 Å². The van der Waals surface area contributed by atoms with Crippen molar-refractivity contribution in [2.75, 3.05) is 25.1 Å². The molecule has 0 bridgehead atoms. The van der Waals surface area contributed by atoms with E-state index in [4.69, 9.17) is 0 Å². The van der Waals surface area contributed by atoms with Gasteiger partial charge < -0.3 is 5.32 Å². The topological polar surface area (TPSA) is 39.7 Å². The fourth-order valence-corrected chi connectivity index (χ4v) is 1.35. The van der Waals surface area contributed by atoms with Crippen LogP contribution < -0.4 is 15.8 Å². The number of hydrazine groups is 1. The maximum absolute atomic E-state index is 4.25. The van der Waals surface area contributed by atoms with Gasteiger partial charge in [0.25, 0.3) is 0 Å². The molecule has 74 valence electrons. The van der Waals surface area contributed by atoms with Gasteiger partial charge in [-0.05, 0) is 12.1 Å². The standard InChI is InChI=1S/C10H14N4/c1-14(9-5-3-2-4-6-9)13-10-11-7-8-12-10/h2-6H,7-8H2,1H3,(H2,11,12,13). The van der Waals surface area contributed by atoms with Crippen molar-refractivity contribution in [3.05, 3.63) is 30.3 Å². The van der Waals surface area contributed by atoms with Gasteiger partial charge in [-0.25, -0.2) is 0 Å². The molecule has 14 heavy (non-hydrogen) atoms. The lowest BCUT2D eigenvalue weighted by molar-refractivity contribution is 0.843. The number of para-hydroxylation sites is 1. The normalized spacial score (nSPS) is 14.5. The third-order valence-corrected chi connectivity index (χ3v) is 2.09. The van der Waals surface area contributed by atoms with Gasteiger partial charge in [0.05, 0.1) is 12.2 Å². The molecule has 1 heterocycles. The average Bonchev–Trinajstić information content (AvgIpc) is 2.72. The first-order valence-corrected chi connectivity index (χ1v) is 4.70. The van der Waals surface area contributed by atoms with Crippen molar-refractivity contribution < 1.29 is 0 Å². The van der Waals surface area contributed by atoms with E-state index in [1.807, 2.05) is 42.4 Å². The van der Waals surface area contributed by atoms with E-state index < -0.39 is 0 Å². The minimum absolute atomic E-state index is 0.844. The number of guanidine groups is 1. The van der Waals surface area contributed by atoms with Gasteiger partial charge in [0, 0.05) is 13.6 Å². The van der Waals surface area contributed by atoms with Crippen LogP contribution in [0, 0.1) is 0 Å². The summed E-state index contributed by atoms with van der Waals surface area (Å²) in [6.45, 7) is 1.77. The molecular weight excluding hydrogens is 176 g/mol. The first kappa shape index (κ1) is 8.87. The molecule has 1 aromatic rings. The number of anilines is 1. The summed E-state index contributed by atoms with van der Waals surface area (Å²) < 4.78 is 0. The Morgan fingerprint density at radius 2 is 2.14 bits per heavy atom. The van der Waals surface area contributed by atoms with Crippen LogP contribution in [0.1, 0.15) is 0 Å². The molecule has 2 N–H and O–H groups in total. The molecule has 0 saturated heterocycles. The predicted octanol–water partition coefficient (Wildman–Crippen LogP) is 0.587. The van der Waals surface area contributed by atoms with Crippen molar-refractivity contribution in [2.45, 2.75) is 0 Å². The van der Waals surface area contributed by atoms with Crippen LogP contribution in [-0.2, 0) is 0 Å². The number of rotatable bonds is 2. The third kappa shape index (κ3) is 1.96. The molecule has 1 aromatic carbocycles. The van der Waals surface area contributed by atoms with E-state index in [0.717, 1.165) is 24.7 Å². The zero-order valence-corrected chi connectivity index (χ0v) is 8.20. The fraction of sp³-hybridized carbons (Fsp3) is 0.300. The Labute approximate surface area is 83.6 Å². The molecule has 0 radical (unpaired) electrons. The van der Waals surface area contributed by atoms with E-state index in [0.29, 0.717) is 0 Å². The summed E-state index contributed by atoms with van der Waals surface area (Å²) in [4.78, 5) is 4.25. The maximum Gasteiger partial charge on any atom is 0.210 e. The summed E-state index contributed by atoms with van der Waals surface area (Å²) in [5, 5.41) is 5.10. The summed E-state index contributed by atoms with van der Waals surface area (Å²) in [6, 6.07) is 10.1. The molecule has 0 aromatic heterocycles. The molecule has 0 saturated carbocycles.